The maximum atomic E-state index is 12.9. The van der Waals surface area contributed by atoms with E-state index >= 15 is 0 Å². The molecule has 0 heterocycles. The maximum absolute atomic E-state index is 12.9. The van der Waals surface area contributed by atoms with Crippen LogP contribution in [0.4, 0.5) is 0 Å². The van der Waals surface area contributed by atoms with E-state index in [4.69, 9.17) is 14.2 Å². The first-order valence-corrected chi connectivity index (χ1v) is 30.6. The van der Waals surface area contributed by atoms with Gasteiger partial charge in [0.05, 0.1) is 0 Å². The number of rotatable bonds is 55. The lowest BCUT2D eigenvalue weighted by Crippen LogP contribution is -2.30. The first-order chi connectivity index (χ1) is 35.5. The Morgan fingerprint density at radius 1 is 0.292 bits per heavy atom. The molecule has 0 radical (unpaired) electrons. The summed E-state index contributed by atoms with van der Waals surface area (Å²) in [4.78, 5) is 38.2. The van der Waals surface area contributed by atoms with Crippen molar-refractivity contribution in [1.82, 2.24) is 0 Å². The van der Waals surface area contributed by atoms with Gasteiger partial charge in [-0.05, 0) is 109 Å². The van der Waals surface area contributed by atoms with E-state index in [9.17, 15) is 14.4 Å². The molecule has 0 saturated heterocycles. The van der Waals surface area contributed by atoms with Gasteiger partial charge in [-0.15, -0.1) is 0 Å². The summed E-state index contributed by atoms with van der Waals surface area (Å²) in [7, 11) is 0. The molecular weight excluding hydrogens is 889 g/mol. The zero-order chi connectivity index (χ0) is 52.2. The molecule has 0 saturated carbocycles. The van der Waals surface area contributed by atoms with E-state index in [2.05, 4.69) is 106 Å². The zero-order valence-corrected chi connectivity index (χ0v) is 47.4. The van der Waals surface area contributed by atoms with E-state index < -0.39 is 6.10 Å². The van der Waals surface area contributed by atoms with Gasteiger partial charge in [0.25, 0.3) is 0 Å². The Kier molecular flexibility index (Phi) is 57.3. The molecule has 0 bridgehead atoms. The first kappa shape index (κ1) is 68.6. The quantitative estimate of drug-likeness (QED) is 0.0261. The highest BCUT2D eigenvalue weighted by atomic mass is 16.6. The van der Waals surface area contributed by atoms with E-state index in [1.165, 1.54) is 135 Å². The van der Waals surface area contributed by atoms with Crippen LogP contribution < -0.4 is 0 Å². The van der Waals surface area contributed by atoms with Crippen LogP contribution in [0.1, 0.15) is 297 Å². The minimum absolute atomic E-state index is 0.0909. The molecule has 72 heavy (non-hydrogen) atoms. The Morgan fingerprint density at radius 2 is 0.556 bits per heavy atom. The second kappa shape index (κ2) is 60.1. The average molecular weight is 1000 g/mol. The number of hydrogen-bond acceptors (Lipinski definition) is 6. The molecule has 1 atom stereocenters. The van der Waals surface area contributed by atoms with Crippen LogP contribution in [0.15, 0.2) is 85.1 Å². The highest BCUT2D eigenvalue weighted by Gasteiger charge is 2.19. The molecule has 0 fully saturated rings. The standard InChI is InChI=1S/C66H114O6/c1-4-7-10-13-16-19-22-25-28-30-31-32-33-34-35-37-38-41-44-47-50-53-56-59-65(68)71-62-63(61-70-64(67)58-55-52-49-46-43-40-27-24-21-18-15-12-9-6-3)72-66(69)60-57-54-51-48-45-42-39-36-29-26-23-20-17-14-11-8-5-2/h8,11,15,17-18,20,24,26-27,29-31,39,42,63H,4-7,9-10,12-14,16,19,21-23,25,28,32-38,40-41,43-62H2,1-3H3/b11-8-,18-15-,20-17-,27-24-,29-26-,31-30-,42-39-. The van der Waals surface area contributed by atoms with E-state index in [0.717, 1.165) is 122 Å². The molecule has 6 heteroatoms. The summed E-state index contributed by atoms with van der Waals surface area (Å²) in [6, 6.07) is 0. The highest BCUT2D eigenvalue weighted by molar-refractivity contribution is 5.71. The molecule has 0 aliphatic heterocycles. The van der Waals surface area contributed by atoms with Gasteiger partial charge in [0.2, 0.25) is 0 Å². The molecule has 0 spiro atoms. The molecular formula is C66H114O6. The van der Waals surface area contributed by atoms with Crippen molar-refractivity contribution in [2.75, 3.05) is 13.2 Å². The first-order valence-electron chi connectivity index (χ1n) is 30.6. The summed E-state index contributed by atoms with van der Waals surface area (Å²) in [5.41, 5.74) is 0. The van der Waals surface area contributed by atoms with Crippen molar-refractivity contribution < 1.29 is 28.6 Å². The fourth-order valence-corrected chi connectivity index (χ4v) is 8.50. The molecule has 0 aliphatic carbocycles. The van der Waals surface area contributed by atoms with E-state index in [-0.39, 0.29) is 31.1 Å². The fraction of sp³-hybridized carbons (Fsp3) is 0.742. The molecule has 1 unspecified atom stereocenters. The van der Waals surface area contributed by atoms with E-state index in [1.807, 2.05) is 0 Å². The smallest absolute Gasteiger partial charge is 0.306 e. The Balaban J connectivity index is 4.37. The van der Waals surface area contributed by atoms with Crippen LogP contribution in [-0.4, -0.2) is 37.2 Å². The van der Waals surface area contributed by atoms with Crippen molar-refractivity contribution in [1.29, 1.82) is 0 Å². The van der Waals surface area contributed by atoms with Crippen LogP contribution >= 0.6 is 0 Å². The lowest BCUT2D eigenvalue weighted by atomic mass is 10.0. The molecule has 0 rings (SSSR count). The summed E-state index contributed by atoms with van der Waals surface area (Å²) in [5, 5.41) is 0. The Labute approximate surface area is 445 Å². The SMILES string of the molecule is CC/C=C\C/C=C\C/C=C\C/C=C\CCCCCCC(=O)OC(COC(=O)CCCCCCC/C=C\C/C=C\CCCC)COC(=O)CCCCCCCCCCCCC/C=C\CCCCCCCCCC. The third-order valence-electron chi connectivity index (χ3n) is 13.1. The summed E-state index contributed by atoms with van der Waals surface area (Å²) < 4.78 is 16.9. The molecule has 0 aromatic heterocycles. The topological polar surface area (TPSA) is 78.9 Å². The maximum Gasteiger partial charge on any atom is 0.306 e. The number of hydrogen-bond donors (Lipinski definition) is 0. The number of esters is 3. The van der Waals surface area contributed by atoms with Crippen molar-refractivity contribution in [2.45, 2.75) is 303 Å². The molecule has 0 aromatic rings. The zero-order valence-electron chi connectivity index (χ0n) is 47.4. The summed E-state index contributed by atoms with van der Waals surface area (Å²) in [6.07, 6.45) is 78.7. The van der Waals surface area contributed by atoms with Gasteiger partial charge in [0.1, 0.15) is 13.2 Å². The van der Waals surface area contributed by atoms with Gasteiger partial charge in [-0.1, -0.05) is 254 Å². The van der Waals surface area contributed by atoms with Crippen LogP contribution in [0.2, 0.25) is 0 Å². The molecule has 0 aromatic carbocycles. The van der Waals surface area contributed by atoms with Crippen molar-refractivity contribution in [3.8, 4) is 0 Å². The molecule has 0 amide bonds. The third-order valence-corrected chi connectivity index (χ3v) is 13.1. The predicted molar refractivity (Wildman–Crippen MR) is 311 cm³/mol. The van der Waals surface area contributed by atoms with Gasteiger partial charge in [-0.3, -0.25) is 14.4 Å². The number of carbonyl (C=O) groups is 3. The van der Waals surface area contributed by atoms with Gasteiger partial charge in [0, 0.05) is 19.3 Å². The van der Waals surface area contributed by atoms with Gasteiger partial charge >= 0.3 is 17.9 Å². The Hall–Kier alpha value is -3.41. The van der Waals surface area contributed by atoms with E-state index in [0.29, 0.717) is 19.3 Å². The van der Waals surface area contributed by atoms with Crippen LogP contribution in [-0.2, 0) is 28.6 Å². The van der Waals surface area contributed by atoms with Crippen LogP contribution in [0.25, 0.3) is 0 Å². The number of carbonyl (C=O) groups excluding carboxylic acids is 3. The van der Waals surface area contributed by atoms with Crippen molar-refractivity contribution >= 4 is 17.9 Å². The highest BCUT2D eigenvalue weighted by Crippen LogP contribution is 2.16. The number of allylic oxidation sites excluding steroid dienone is 14. The Bertz CT molecular complexity index is 1380. The van der Waals surface area contributed by atoms with Crippen molar-refractivity contribution in [3.05, 3.63) is 85.1 Å². The van der Waals surface area contributed by atoms with Crippen LogP contribution in [0.3, 0.4) is 0 Å². The largest absolute Gasteiger partial charge is 0.462 e. The van der Waals surface area contributed by atoms with Crippen molar-refractivity contribution in [3.63, 3.8) is 0 Å². The lowest BCUT2D eigenvalue weighted by Gasteiger charge is -2.18. The monoisotopic (exact) mass is 1000 g/mol. The second-order valence-corrected chi connectivity index (χ2v) is 20.2. The molecule has 0 N–H and O–H groups in total. The number of unbranched alkanes of at least 4 members (excludes halogenated alkanes) is 30. The number of ether oxygens (including phenoxy) is 3. The van der Waals surface area contributed by atoms with Crippen LogP contribution in [0, 0.1) is 0 Å². The minimum atomic E-state index is -0.797. The molecule has 6 nitrogen and oxygen atoms in total. The Morgan fingerprint density at radius 3 is 0.903 bits per heavy atom. The molecule has 0 aliphatic rings. The van der Waals surface area contributed by atoms with E-state index in [1.54, 1.807) is 0 Å². The van der Waals surface area contributed by atoms with Gasteiger partial charge in [-0.2, -0.15) is 0 Å². The summed E-state index contributed by atoms with van der Waals surface area (Å²) in [6.45, 7) is 6.48. The fourth-order valence-electron chi connectivity index (χ4n) is 8.50. The summed E-state index contributed by atoms with van der Waals surface area (Å²) in [5.74, 6) is -0.922. The van der Waals surface area contributed by atoms with Crippen molar-refractivity contribution in [2.24, 2.45) is 0 Å². The molecule has 414 valence electrons. The normalized spacial score (nSPS) is 12.7. The van der Waals surface area contributed by atoms with Gasteiger partial charge < -0.3 is 14.2 Å². The van der Waals surface area contributed by atoms with Crippen LogP contribution in [0.5, 0.6) is 0 Å². The summed E-state index contributed by atoms with van der Waals surface area (Å²) >= 11 is 0. The average Bonchev–Trinajstić information content (AvgIpc) is 3.38. The lowest BCUT2D eigenvalue weighted by molar-refractivity contribution is -0.167. The third kappa shape index (κ3) is 57.5. The second-order valence-electron chi connectivity index (χ2n) is 20.2. The minimum Gasteiger partial charge on any atom is -0.462 e. The van der Waals surface area contributed by atoms with Gasteiger partial charge in [0.15, 0.2) is 6.10 Å². The van der Waals surface area contributed by atoms with Gasteiger partial charge in [-0.25, -0.2) is 0 Å². The predicted octanol–water partition coefficient (Wildman–Crippen LogP) is 20.7.